The minimum absolute atomic E-state index is 0.206. The van der Waals surface area contributed by atoms with Crippen LogP contribution in [0, 0.1) is 5.92 Å². The molecule has 1 aliphatic heterocycles. The van der Waals surface area contributed by atoms with Crippen LogP contribution >= 0.6 is 0 Å². The van der Waals surface area contributed by atoms with Crippen molar-refractivity contribution in [3.8, 4) is 0 Å². The first-order chi connectivity index (χ1) is 9.75. The molecule has 1 fully saturated rings. The van der Waals surface area contributed by atoms with E-state index in [1.165, 1.54) is 5.69 Å². The first-order valence-electron chi connectivity index (χ1n) is 7.28. The van der Waals surface area contributed by atoms with Crippen LogP contribution in [0.4, 0.5) is 5.69 Å². The van der Waals surface area contributed by atoms with Crippen LogP contribution in [0.5, 0.6) is 0 Å². The molecule has 2 unspecified atom stereocenters. The van der Waals surface area contributed by atoms with Gasteiger partial charge in [0.15, 0.2) is 0 Å². The Balaban J connectivity index is 1.78. The second-order valence-electron chi connectivity index (χ2n) is 5.06. The first-order valence-corrected chi connectivity index (χ1v) is 6.70. The number of nitrogens with zero attached hydrogens (tertiary/aromatic N) is 1. The predicted octanol–water partition coefficient (Wildman–Crippen LogP) is 3.92. The molecule has 0 amide bonds. The van der Waals surface area contributed by atoms with Gasteiger partial charge in [0, 0.05) is 26.1 Å². The molecule has 0 radical (unpaired) electrons. The maximum Gasteiger partial charge on any atom is 0.0390 e. The van der Waals surface area contributed by atoms with Crippen molar-refractivity contribution in [2.75, 3.05) is 18.0 Å². The Kier molecular flexibility index (Phi) is 3.04. The van der Waals surface area contributed by atoms with Gasteiger partial charge in [0.25, 0.3) is 0 Å². The maximum absolute atomic E-state index is 8.51. The normalized spacial score (nSPS) is 21.3. The molecule has 1 nitrogen and oxygen atoms in total. The van der Waals surface area contributed by atoms with Crippen molar-refractivity contribution in [3.63, 3.8) is 0 Å². The van der Waals surface area contributed by atoms with Crippen LogP contribution in [0.3, 0.4) is 0 Å². The zero-order chi connectivity index (χ0) is 13.9. The molecular formula is C18H19N. The zero-order valence-corrected chi connectivity index (χ0v) is 11.0. The van der Waals surface area contributed by atoms with Crippen LogP contribution in [0.2, 0.25) is 0 Å². The Labute approximate surface area is 116 Å². The molecule has 1 saturated heterocycles. The van der Waals surface area contributed by atoms with E-state index in [1.54, 1.807) is 0 Å². The fraction of sp³-hybridized carbons (Fsp3) is 0.222. The second kappa shape index (κ2) is 5.31. The Morgan fingerprint density at radius 1 is 1.05 bits per heavy atom. The fourth-order valence-electron chi connectivity index (χ4n) is 2.60. The highest BCUT2D eigenvalue weighted by Gasteiger charge is 2.26. The number of para-hydroxylation sites is 1. The second-order valence-corrected chi connectivity index (χ2v) is 5.06. The van der Waals surface area contributed by atoms with Gasteiger partial charge in [-0.05, 0) is 24.1 Å². The van der Waals surface area contributed by atoms with E-state index < -0.39 is 0 Å². The lowest BCUT2D eigenvalue weighted by Crippen LogP contribution is -2.19. The summed E-state index contributed by atoms with van der Waals surface area (Å²) < 4.78 is 8.51. The molecule has 2 aromatic carbocycles. The van der Waals surface area contributed by atoms with Gasteiger partial charge in [0.1, 0.15) is 0 Å². The summed E-state index contributed by atoms with van der Waals surface area (Å²) in [6.07, 6.45) is -0.225. The first kappa shape index (κ1) is 10.9. The molecule has 1 heterocycles. The molecule has 1 heteroatoms. The van der Waals surface area contributed by atoms with Gasteiger partial charge >= 0.3 is 0 Å². The monoisotopic (exact) mass is 250 g/mol. The summed E-state index contributed by atoms with van der Waals surface area (Å²) in [5.41, 5.74) is 3.46. The highest BCUT2D eigenvalue weighted by molar-refractivity contribution is 5.50. The Morgan fingerprint density at radius 3 is 2.37 bits per heavy atom. The minimum atomic E-state index is -0.225. The molecule has 19 heavy (non-hydrogen) atoms. The van der Waals surface area contributed by atoms with Gasteiger partial charge in [-0.3, -0.25) is 0 Å². The van der Waals surface area contributed by atoms with E-state index in [9.17, 15) is 0 Å². The van der Waals surface area contributed by atoms with E-state index in [0.717, 1.165) is 24.2 Å². The highest BCUT2D eigenvalue weighted by Crippen LogP contribution is 2.28. The summed E-state index contributed by atoms with van der Waals surface area (Å²) in [5.74, 6) is 0.206. The zero-order valence-electron chi connectivity index (χ0n) is 12.0. The maximum atomic E-state index is 8.51. The standard InChI is InChI=1S/C18H19N/c1-15-13-19(18-10-6-3-7-11-18)14-17(15)12-16-8-4-2-5-9-16/h2-11,17H,1,12-14H2/i12D. The third-order valence-corrected chi connectivity index (χ3v) is 3.65. The summed E-state index contributed by atoms with van der Waals surface area (Å²) in [7, 11) is 0. The lowest BCUT2D eigenvalue weighted by atomic mass is 9.96. The fourth-order valence-corrected chi connectivity index (χ4v) is 2.60. The van der Waals surface area contributed by atoms with Crippen molar-refractivity contribution >= 4 is 5.69 Å². The van der Waals surface area contributed by atoms with Crippen molar-refractivity contribution < 1.29 is 1.37 Å². The molecule has 0 saturated carbocycles. The molecule has 0 bridgehead atoms. The van der Waals surface area contributed by atoms with Crippen LogP contribution in [0.15, 0.2) is 72.8 Å². The average molecular weight is 250 g/mol. The molecule has 96 valence electrons. The Bertz CT molecular complexity index is 579. The largest absolute Gasteiger partial charge is 0.367 e. The van der Waals surface area contributed by atoms with Crippen molar-refractivity contribution in [1.29, 1.82) is 0 Å². The predicted molar refractivity (Wildman–Crippen MR) is 81.4 cm³/mol. The summed E-state index contributed by atoms with van der Waals surface area (Å²) in [6, 6.07) is 20.5. The van der Waals surface area contributed by atoms with Crippen molar-refractivity contribution in [3.05, 3.63) is 78.4 Å². The van der Waals surface area contributed by atoms with Gasteiger partial charge < -0.3 is 4.90 Å². The third-order valence-electron chi connectivity index (χ3n) is 3.65. The van der Waals surface area contributed by atoms with Gasteiger partial charge in [-0.25, -0.2) is 0 Å². The number of hydrogen-bond acceptors (Lipinski definition) is 1. The molecule has 1 aliphatic rings. The van der Waals surface area contributed by atoms with Crippen LogP contribution in [0.25, 0.3) is 0 Å². The molecule has 0 aliphatic carbocycles. The quantitative estimate of drug-likeness (QED) is 0.746. The Morgan fingerprint density at radius 2 is 1.68 bits per heavy atom. The van der Waals surface area contributed by atoms with Gasteiger partial charge in [-0.1, -0.05) is 60.7 Å². The summed E-state index contributed by atoms with van der Waals surface area (Å²) >= 11 is 0. The van der Waals surface area contributed by atoms with Gasteiger partial charge in [-0.15, -0.1) is 0 Å². The minimum Gasteiger partial charge on any atom is -0.367 e. The number of anilines is 1. The van der Waals surface area contributed by atoms with Crippen LogP contribution in [0.1, 0.15) is 6.93 Å². The van der Waals surface area contributed by atoms with Crippen molar-refractivity contribution in [2.24, 2.45) is 5.92 Å². The number of rotatable bonds is 3. The van der Waals surface area contributed by atoms with Crippen molar-refractivity contribution in [2.45, 2.75) is 6.40 Å². The summed E-state index contributed by atoms with van der Waals surface area (Å²) in [5, 5.41) is 0. The molecule has 0 N–H and O–H groups in total. The van der Waals surface area contributed by atoms with E-state index in [-0.39, 0.29) is 12.3 Å². The molecular weight excluding hydrogens is 230 g/mol. The molecule has 0 aromatic heterocycles. The van der Waals surface area contributed by atoms with E-state index in [0.29, 0.717) is 0 Å². The lowest BCUT2D eigenvalue weighted by Gasteiger charge is -2.18. The molecule has 2 aromatic rings. The number of benzene rings is 2. The molecule has 2 atom stereocenters. The van der Waals surface area contributed by atoms with Crippen molar-refractivity contribution in [1.82, 2.24) is 0 Å². The lowest BCUT2D eigenvalue weighted by molar-refractivity contribution is 0.674. The average Bonchev–Trinajstić information content (AvgIpc) is 2.90. The van der Waals surface area contributed by atoms with Gasteiger partial charge in [0.05, 0.1) is 0 Å². The molecule has 0 spiro atoms. The van der Waals surface area contributed by atoms with E-state index in [4.69, 9.17) is 1.37 Å². The van der Waals surface area contributed by atoms with E-state index in [2.05, 4.69) is 35.7 Å². The summed E-state index contributed by atoms with van der Waals surface area (Å²) in [4.78, 5) is 2.32. The summed E-state index contributed by atoms with van der Waals surface area (Å²) in [6.45, 7) is 5.94. The smallest absolute Gasteiger partial charge is 0.0390 e. The van der Waals surface area contributed by atoms with E-state index >= 15 is 0 Å². The number of hydrogen-bond donors (Lipinski definition) is 0. The highest BCUT2D eigenvalue weighted by atomic mass is 15.2. The van der Waals surface area contributed by atoms with Crippen LogP contribution < -0.4 is 4.90 Å². The van der Waals surface area contributed by atoms with E-state index in [1.807, 2.05) is 36.4 Å². The Hall–Kier alpha value is -2.02. The van der Waals surface area contributed by atoms with Crippen LogP contribution in [-0.2, 0) is 6.40 Å². The third kappa shape index (κ3) is 2.70. The topological polar surface area (TPSA) is 3.24 Å². The van der Waals surface area contributed by atoms with Gasteiger partial charge in [-0.2, -0.15) is 0 Å². The van der Waals surface area contributed by atoms with Crippen LogP contribution in [-0.4, -0.2) is 13.1 Å². The van der Waals surface area contributed by atoms with Gasteiger partial charge in [0.2, 0.25) is 0 Å². The molecule has 3 rings (SSSR count). The SMILES string of the molecule is [2H]C(c1ccccc1)C1CN(c2ccccc2)CC1=C.